The van der Waals surface area contributed by atoms with E-state index in [1.54, 1.807) is 0 Å². The topological polar surface area (TPSA) is 35.2 Å². The molecule has 2 nitrogen and oxygen atoms in total. The highest BCUT2D eigenvalue weighted by atomic mass is 16.5. The van der Waals surface area contributed by atoms with Crippen LogP contribution in [-0.4, -0.2) is 12.8 Å². The van der Waals surface area contributed by atoms with E-state index >= 15 is 0 Å². The van der Waals surface area contributed by atoms with E-state index in [4.69, 9.17) is 10.5 Å². The van der Waals surface area contributed by atoms with Crippen molar-refractivity contribution in [3.05, 3.63) is 12.2 Å². The second-order valence-electron chi connectivity index (χ2n) is 1.58. The lowest BCUT2D eigenvalue weighted by atomic mass is 10.3. The number of rotatable bonds is 0. The van der Waals surface area contributed by atoms with Crippen molar-refractivity contribution in [3.63, 3.8) is 0 Å². The first-order valence-electron chi connectivity index (χ1n) is 2.42. The summed E-state index contributed by atoms with van der Waals surface area (Å²) < 4.78 is 4.97. The second kappa shape index (κ2) is 2.09. The fraction of sp³-hybridized carbons (Fsp3) is 0.600. The van der Waals surface area contributed by atoms with E-state index in [9.17, 15) is 0 Å². The van der Waals surface area contributed by atoms with Crippen molar-refractivity contribution in [3.8, 4) is 0 Å². The van der Waals surface area contributed by atoms with Crippen LogP contribution in [0.5, 0.6) is 0 Å². The molecule has 1 atom stereocenters. The molecule has 0 radical (unpaired) electrons. The summed E-state index contributed by atoms with van der Waals surface area (Å²) in [4.78, 5) is 0. The summed E-state index contributed by atoms with van der Waals surface area (Å²) in [5, 5.41) is 0. The largest absolute Gasteiger partial charge is 0.359 e. The summed E-state index contributed by atoms with van der Waals surface area (Å²) >= 11 is 0. The van der Waals surface area contributed by atoms with Gasteiger partial charge < -0.3 is 10.5 Å². The smallest absolute Gasteiger partial charge is 0.109 e. The van der Waals surface area contributed by atoms with Gasteiger partial charge in [0.2, 0.25) is 0 Å². The molecule has 1 rings (SSSR count). The second-order valence-corrected chi connectivity index (χ2v) is 1.58. The summed E-state index contributed by atoms with van der Waals surface area (Å²) in [5.74, 6) is 0. The number of hydrogen-bond acceptors (Lipinski definition) is 2. The van der Waals surface area contributed by atoms with Gasteiger partial charge in [-0.2, -0.15) is 0 Å². The molecule has 0 aromatic heterocycles. The van der Waals surface area contributed by atoms with E-state index in [1.807, 2.05) is 12.2 Å². The van der Waals surface area contributed by atoms with Crippen molar-refractivity contribution < 1.29 is 4.74 Å². The number of ether oxygens (including phenoxy) is 1. The lowest BCUT2D eigenvalue weighted by Crippen LogP contribution is -2.25. The Morgan fingerprint density at radius 3 is 2.71 bits per heavy atom. The molecule has 2 N–H and O–H groups in total. The summed E-state index contributed by atoms with van der Waals surface area (Å²) in [6.07, 6.45) is 4.82. The van der Waals surface area contributed by atoms with Gasteiger partial charge >= 0.3 is 0 Å². The predicted octanol–water partition coefficient (Wildman–Crippen LogP) is 0.248. The van der Waals surface area contributed by atoms with Crippen LogP contribution in [0.2, 0.25) is 0 Å². The highest BCUT2D eigenvalue weighted by Crippen LogP contribution is 1.98. The van der Waals surface area contributed by atoms with Crippen molar-refractivity contribution in [2.75, 3.05) is 6.61 Å². The molecule has 40 valence electrons. The first-order chi connectivity index (χ1) is 3.39. The maximum absolute atomic E-state index is 5.36. The van der Waals surface area contributed by atoms with E-state index in [1.165, 1.54) is 0 Å². The van der Waals surface area contributed by atoms with Crippen LogP contribution in [0.15, 0.2) is 12.2 Å². The highest BCUT2D eigenvalue weighted by Gasteiger charge is 2.00. The molecule has 1 aliphatic rings. The Bertz CT molecular complexity index is 80.1. The molecule has 0 bridgehead atoms. The minimum atomic E-state index is -0.0509. The van der Waals surface area contributed by atoms with Crippen LogP contribution in [0.1, 0.15) is 6.42 Å². The van der Waals surface area contributed by atoms with Crippen LogP contribution in [0.4, 0.5) is 0 Å². The van der Waals surface area contributed by atoms with Crippen molar-refractivity contribution in [2.24, 2.45) is 5.73 Å². The molecule has 1 aliphatic heterocycles. The molecule has 0 amide bonds. The van der Waals surface area contributed by atoms with E-state index in [-0.39, 0.29) is 6.23 Å². The summed E-state index contributed by atoms with van der Waals surface area (Å²) in [7, 11) is 0. The standard InChI is InChI=1S/C5H9NO/c6-5-3-1-2-4-7-5/h1-2,5H,3-4,6H2/t5-/m0/s1. The zero-order valence-corrected chi connectivity index (χ0v) is 4.13. The molecule has 1 heterocycles. The molecule has 0 fully saturated rings. The van der Waals surface area contributed by atoms with Gasteiger partial charge in [-0.05, 0) is 0 Å². The van der Waals surface area contributed by atoms with Crippen molar-refractivity contribution >= 4 is 0 Å². The molecule has 0 aromatic carbocycles. The Morgan fingerprint density at radius 1 is 1.57 bits per heavy atom. The number of nitrogens with two attached hydrogens (primary N) is 1. The molecular weight excluding hydrogens is 90.1 g/mol. The maximum Gasteiger partial charge on any atom is 0.109 e. The van der Waals surface area contributed by atoms with Crippen LogP contribution >= 0.6 is 0 Å². The van der Waals surface area contributed by atoms with Crippen molar-refractivity contribution in [1.29, 1.82) is 0 Å². The number of hydrogen-bond donors (Lipinski definition) is 1. The Morgan fingerprint density at radius 2 is 2.43 bits per heavy atom. The zero-order valence-electron chi connectivity index (χ0n) is 4.13. The molecule has 0 spiro atoms. The van der Waals surface area contributed by atoms with Gasteiger partial charge in [0, 0.05) is 6.42 Å². The zero-order chi connectivity index (χ0) is 5.11. The summed E-state index contributed by atoms with van der Waals surface area (Å²) in [6, 6.07) is 0. The third-order valence-electron chi connectivity index (χ3n) is 0.942. The summed E-state index contributed by atoms with van der Waals surface area (Å²) in [5.41, 5.74) is 5.36. The average molecular weight is 99.1 g/mol. The van der Waals surface area contributed by atoms with Gasteiger partial charge in [0.1, 0.15) is 6.23 Å². The lowest BCUT2D eigenvalue weighted by Gasteiger charge is -2.11. The SMILES string of the molecule is N[C@@H]1CC=CCO1. The van der Waals surface area contributed by atoms with Gasteiger partial charge in [0.15, 0.2) is 0 Å². The average Bonchev–Trinajstić information content (AvgIpc) is 1.69. The molecule has 0 aromatic rings. The van der Waals surface area contributed by atoms with Crippen LogP contribution in [0, 0.1) is 0 Å². The predicted molar refractivity (Wildman–Crippen MR) is 27.7 cm³/mol. The molecular formula is C5H9NO. The molecule has 0 unspecified atom stereocenters. The van der Waals surface area contributed by atoms with E-state index in [0.717, 1.165) is 6.42 Å². The van der Waals surface area contributed by atoms with Crippen LogP contribution < -0.4 is 5.73 Å². The first-order valence-corrected chi connectivity index (χ1v) is 2.42. The van der Waals surface area contributed by atoms with Crippen LogP contribution in [0.25, 0.3) is 0 Å². The van der Waals surface area contributed by atoms with Gasteiger partial charge in [-0.3, -0.25) is 0 Å². The summed E-state index contributed by atoms with van der Waals surface area (Å²) in [6.45, 7) is 0.682. The third kappa shape index (κ3) is 1.29. The fourth-order valence-electron chi connectivity index (χ4n) is 0.546. The van der Waals surface area contributed by atoms with Gasteiger partial charge in [-0.25, -0.2) is 0 Å². The molecule has 0 saturated heterocycles. The Kier molecular flexibility index (Phi) is 1.44. The maximum atomic E-state index is 5.36. The molecule has 2 heteroatoms. The van der Waals surface area contributed by atoms with Gasteiger partial charge in [0.05, 0.1) is 6.61 Å². The Hall–Kier alpha value is -0.340. The molecule has 0 aliphatic carbocycles. The first kappa shape index (κ1) is 4.81. The fourth-order valence-corrected chi connectivity index (χ4v) is 0.546. The highest BCUT2D eigenvalue weighted by molar-refractivity contribution is 4.86. The van der Waals surface area contributed by atoms with E-state index < -0.39 is 0 Å². The van der Waals surface area contributed by atoms with E-state index in [2.05, 4.69) is 0 Å². The van der Waals surface area contributed by atoms with Gasteiger partial charge in [0.25, 0.3) is 0 Å². The Balaban J connectivity index is 2.32. The monoisotopic (exact) mass is 99.1 g/mol. The van der Waals surface area contributed by atoms with Gasteiger partial charge in [-0.1, -0.05) is 12.2 Å². The van der Waals surface area contributed by atoms with Crippen LogP contribution in [-0.2, 0) is 4.74 Å². The van der Waals surface area contributed by atoms with Crippen molar-refractivity contribution in [1.82, 2.24) is 0 Å². The third-order valence-corrected chi connectivity index (χ3v) is 0.942. The normalized spacial score (nSPS) is 30.7. The quantitative estimate of drug-likeness (QED) is 0.442. The minimum Gasteiger partial charge on any atom is -0.359 e. The Labute approximate surface area is 43.0 Å². The van der Waals surface area contributed by atoms with Crippen molar-refractivity contribution in [2.45, 2.75) is 12.6 Å². The van der Waals surface area contributed by atoms with E-state index in [0.29, 0.717) is 6.61 Å². The molecule has 7 heavy (non-hydrogen) atoms. The van der Waals surface area contributed by atoms with Crippen LogP contribution in [0.3, 0.4) is 0 Å². The minimum absolute atomic E-state index is 0.0509. The molecule has 0 saturated carbocycles. The van der Waals surface area contributed by atoms with Gasteiger partial charge in [-0.15, -0.1) is 0 Å². The lowest BCUT2D eigenvalue weighted by molar-refractivity contribution is 0.0731.